The quantitative estimate of drug-likeness (QED) is 0.910. The molecule has 1 aliphatic rings. The van der Waals surface area contributed by atoms with Gasteiger partial charge in [0, 0.05) is 12.2 Å². The first-order valence-electron chi connectivity index (χ1n) is 7.60. The first kappa shape index (κ1) is 14.6. The van der Waals surface area contributed by atoms with Crippen molar-refractivity contribution in [2.45, 2.75) is 26.5 Å². The van der Waals surface area contributed by atoms with Crippen molar-refractivity contribution in [1.29, 1.82) is 0 Å². The minimum absolute atomic E-state index is 0.191. The zero-order chi connectivity index (χ0) is 15.4. The molecule has 0 fully saturated rings. The highest BCUT2D eigenvalue weighted by Crippen LogP contribution is 2.31. The van der Waals surface area contributed by atoms with Gasteiger partial charge < -0.3 is 19.5 Å². The smallest absolute Gasteiger partial charge is 0.161 e. The van der Waals surface area contributed by atoms with Crippen LogP contribution in [0.5, 0.6) is 17.2 Å². The van der Waals surface area contributed by atoms with Gasteiger partial charge >= 0.3 is 0 Å². The fraction of sp³-hybridized carbons (Fsp3) is 0.333. The standard InChI is InChI=1S/C18H21NO3/c1-13(2)22-16-6-4-15(5-7-16)19-12-14-3-8-17-18(11-14)21-10-9-20-17/h3-8,11,13,19H,9-10,12H2,1-2H3. The highest BCUT2D eigenvalue weighted by atomic mass is 16.6. The first-order chi connectivity index (χ1) is 10.7. The lowest BCUT2D eigenvalue weighted by atomic mass is 10.2. The second kappa shape index (κ2) is 6.60. The first-order valence-corrected chi connectivity index (χ1v) is 7.60. The zero-order valence-corrected chi connectivity index (χ0v) is 13.0. The highest BCUT2D eigenvalue weighted by Gasteiger charge is 2.11. The largest absolute Gasteiger partial charge is 0.491 e. The molecular weight excluding hydrogens is 278 g/mol. The average Bonchev–Trinajstić information content (AvgIpc) is 2.53. The third-order valence-corrected chi connectivity index (χ3v) is 3.33. The minimum Gasteiger partial charge on any atom is -0.491 e. The molecule has 4 heteroatoms. The lowest BCUT2D eigenvalue weighted by Gasteiger charge is -2.19. The number of hydrogen-bond acceptors (Lipinski definition) is 4. The fourth-order valence-corrected chi connectivity index (χ4v) is 2.33. The second-order valence-corrected chi connectivity index (χ2v) is 5.52. The summed E-state index contributed by atoms with van der Waals surface area (Å²) in [5.41, 5.74) is 2.22. The lowest BCUT2D eigenvalue weighted by molar-refractivity contribution is 0.171. The molecule has 0 atom stereocenters. The molecule has 1 heterocycles. The van der Waals surface area contributed by atoms with E-state index in [-0.39, 0.29) is 6.10 Å². The van der Waals surface area contributed by atoms with E-state index in [1.165, 1.54) is 0 Å². The molecule has 0 aliphatic carbocycles. The fourth-order valence-electron chi connectivity index (χ4n) is 2.33. The van der Waals surface area contributed by atoms with E-state index in [1.54, 1.807) is 0 Å². The maximum Gasteiger partial charge on any atom is 0.161 e. The van der Waals surface area contributed by atoms with Gasteiger partial charge in [0.2, 0.25) is 0 Å². The molecule has 1 aliphatic heterocycles. The van der Waals surface area contributed by atoms with Crippen LogP contribution in [0.1, 0.15) is 19.4 Å². The van der Waals surface area contributed by atoms with Crippen LogP contribution in [0.4, 0.5) is 5.69 Å². The molecule has 0 aromatic heterocycles. The SMILES string of the molecule is CC(C)Oc1ccc(NCc2ccc3c(c2)OCCO3)cc1. The molecule has 0 radical (unpaired) electrons. The molecule has 2 aromatic rings. The monoisotopic (exact) mass is 299 g/mol. The molecular formula is C18H21NO3. The Kier molecular flexibility index (Phi) is 4.37. The molecule has 0 amide bonds. The molecule has 3 rings (SSSR count). The summed E-state index contributed by atoms with van der Waals surface area (Å²) in [4.78, 5) is 0. The van der Waals surface area contributed by atoms with Crippen LogP contribution in [-0.2, 0) is 6.54 Å². The Morgan fingerprint density at radius 1 is 1.00 bits per heavy atom. The van der Waals surface area contributed by atoms with E-state index < -0.39 is 0 Å². The van der Waals surface area contributed by atoms with E-state index in [4.69, 9.17) is 14.2 Å². The van der Waals surface area contributed by atoms with Crippen LogP contribution >= 0.6 is 0 Å². The number of nitrogens with one attached hydrogen (secondary N) is 1. The summed E-state index contributed by atoms with van der Waals surface area (Å²) in [6, 6.07) is 14.0. The van der Waals surface area contributed by atoms with E-state index in [0.29, 0.717) is 13.2 Å². The Labute approximate surface area is 131 Å². The number of benzene rings is 2. The second-order valence-electron chi connectivity index (χ2n) is 5.52. The van der Waals surface area contributed by atoms with E-state index >= 15 is 0 Å². The number of ether oxygens (including phenoxy) is 3. The number of fused-ring (bicyclic) bond motifs is 1. The number of rotatable bonds is 5. The molecule has 116 valence electrons. The summed E-state index contributed by atoms with van der Waals surface area (Å²) in [6.45, 7) is 6.01. The highest BCUT2D eigenvalue weighted by molar-refractivity contribution is 5.48. The van der Waals surface area contributed by atoms with Crippen LogP contribution in [-0.4, -0.2) is 19.3 Å². The van der Waals surface area contributed by atoms with Gasteiger partial charge in [0.25, 0.3) is 0 Å². The van der Waals surface area contributed by atoms with E-state index in [9.17, 15) is 0 Å². The Bertz CT molecular complexity index is 623. The lowest BCUT2D eigenvalue weighted by Crippen LogP contribution is -2.15. The van der Waals surface area contributed by atoms with Gasteiger partial charge in [0.05, 0.1) is 6.10 Å². The van der Waals surface area contributed by atoms with Gasteiger partial charge in [-0.05, 0) is 55.8 Å². The van der Waals surface area contributed by atoms with Gasteiger partial charge in [0.15, 0.2) is 11.5 Å². The van der Waals surface area contributed by atoms with Gasteiger partial charge in [-0.25, -0.2) is 0 Å². The molecule has 2 aromatic carbocycles. The van der Waals surface area contributed by atoms with Crippen LogP contribution in [0.2, 0.25) is 0 Å². The van der Waals surface area contributed by atoms with Gasteiger partial charge in [0.1, 0.15) is 19.0 Å². The third-order valence-electron chi connectivity index (χ3n) is 3.33. The number of hydrogen-bond donors (Lipinski definition) is 1. The Balaban J connectivity index is 1.60. The van der Waals surface area contributed by atoms with Crippen LogP contribution in [0.25, 0.3) is 0 Å². The molecule has 22 heavy (non-hydrogen) atoms. The van der Waals surface area contributed by atoms with E-state index in [2.05, 4.69) is 11.4 Å². The van der Waals surface area contributed by atoms with Crippen molar-refractivity contribution in [3.63, 3.8) is 0 Å². The molecule has 0 unspecified atom stereocenters. The van der Waals surface area contributed by atoms with Gasteiger partial charge in [-0.2, -0.15) is 0 Å². The van der Waals surface area contributed by atoms with Gasteiger partial charge in [-0.15, -0.1) is 0 Å². The summed E-state index contributed by atoms with van der Waals surface area (Å²) in [6.07, 6.45) is 0.191. The maximum atomic E-state index is 5.64. The van der Waals surface area contributed by atoms with Crippen LogP contribution in [0, 0.1) is 0 Å². The Morgan fingerprint density at radius 3 is 2.45 bits per heavy atom. The van der Waals surface area contributed by atoms with E-state index in [0.717, 1.165) is 35.0 Å². The van der Waals surface area contributed by atoms with Crippen LogP contribution < -0.4 is 19.5 Å². The van der Waals surface area contributed by atoms with Crippen molar-refractivity contribution in [3.8, 4) is 17.2 Å². The number of anilines is 1. The van der Waals surface area contributed by atoms with Crippen molar-refractivity contribution in [3.05, 3.63) is 48.0 Å². The van der Waals surface area contributed by atoms with Crippen molar-refractivity contribution in [2.24, 2.45) is 0 Å². The topological polar surface area (TPSA) is 39.7 Å². The Morgan fingerprint density at radius 2 is 1.73 bits per heavy atom. The molecule has 0 spiro atoms. The summed E-state index contributed by atoms with van der Waals surface area (Å²) in [5, 5.41) is 3.40. The molecule has 4 nitrogen and oxygen atoms in total. The molecule has 0 saturated carbocycles. The normalized spacial score (nSPS) is 13.0. The van der Waals surface area contributed by atoms with Crippen LogP contribution in [0.3, 0.4) is 0 Å². The zero-order valence-electron chi connectivity index (χ0n) is 13.0. The predicted molar refractivity (Wildman–Crippen MR) is 87.0 cm³/mol. The van der Waals surface area contributed by atoms with Crippen LogP contribution in [0.15, 0.2) is 42.5 Å². The van der Waals surface area contributed by atoms with Gasteiger partial charge in [-0.3, -0.25) is 0 Å². The van der Waals surface area contributed by atoms with Gasteiger partial charge in [-0.1, -0.05) is 6.07 Å². The molecule has 0 saturated heterocycles. The Hall–Kier alpha value is -2.36. The summed E-state index contributed by atoms with van der Waals surface area (Å²) in [5.74, 6) is 2.54. The van der Waals surface area contributed by atoms with Crippen molar-refractivity contribution in [2.75, 3.05) is 18.5 Å². The third kappa shape index (κ3) is 3.64. The van der Waals surface area contributed by atoms with Crippen molar-refractivity contribution in [1.82, 2.24) is 0 Å². The van der Waals surface area contributed by atoms with E-state index in [1.807, 2.05) is 50.2 Å². The summed E-state index contributed by atoms with van der Waals surface area (Å²) in [7, 11) is 0. The predicted octanol–water partition coefficient (Wildman–Crippen LogP) is 3.86. The van der Waals surface area contributed by atoms with Crippen molar-refractivity contribution < 1.29 is 14.2 Å². The maximum absolute atomic E-state index is 5.64. The average molecular weight is 299 g/mol. The summed E-state index contributed by atoms with van der Waals surface area (Å²) < 4.78 is 16.8. The summed E-state index contributed by atoms with van der Waals surface area (Å²) >= 11 is 0. The molecule has 0 bridgehead atoms. The minimum atomic E-state index is 0.191. The van der Waals surface area contributed by atoms with Crippen molar-refractivity contribution >= 4 is 5.69 Å². The molecule has 1 N–H and O–H groups in total.